The molecule has 0 spiro atoms. The summed E-state index contributed by atoms with van der Waals surface area (Å²) in [6.45, 7) is 2.91. The minimum absolute atomic E-state index is 0.0461. The summed E-state index contributed by atoms with van der Waals surface area (Å²) in [6.07, 6.45) is 7.61. The van der Waals surface area contributed by atoms with E-state index in [1.54, 1.807) is 12.3 Å². The molecule has 0 saturated heterocycles. The summed E-state index contributed by atoms with van der Waals surface area (Å²) < 4.78 is 0. The third-order valence-electron chi connectivity index (χ3n) is 4.20. The fraction of sp³-hybridized carbons (Fsp3) is 0.625. The van der Waals surface area contributed by atoms with Crippen molar-refractivity contribution >= 4 is 23.3 Å². The van der Waals surface area contributed by atoms with Crippen LogP contribution in [0.25, 0.3) is 0 Å². The molecule has 2 aliphatic carbocycles. The lowest BCUT2D eigenvalue weighted by Crippen LogP contribution is -2.38. The summed E-state index contributed by atoms with van der Waals surface area (Å²) in [5, 5.41) is 6.85. The maximum absolute atomic E-state index is 12.4. The highest BCUT2D eigenvalue weighted by atomic mass is 35.5. The number of rotatable bonds is 7. The van der Waals surface area contributed by atoms with Gasteiger partial charge in [0.15, 0.2) is 0 Å². The van der Waals surface area contributed by atoms with Crippen LogP contribution in [-0.2, 0) is 0 Å². The van der Waals surface area contributed by atoms with Crippen LogP contribution in [0.5, 0.6) is 0 Å². The first-order chi connectivity index (χ1) is 10.2. The molecule has 0 bridgehead atoms. The predicted octanol–water partition coefficient (Wildman–Crippen LogP) is 3.48. The van der Waals surface area contributed by atoms with E-state index in [9.17, 15) is 4.79 Å². The van der Waals surface area contributed by atoms with E-state index in [0.29, 0.717) is 34.3 Å². The third-order valence-corrected chi connectivity index (χ3v) is 4.49. The molecular formula is C16H22ClN3O. The van der Waals surface area contributed by atoms with Crippen molar-refractivity contribution in [2.45, 2.75) is 45.1 Å². The van der Waals surface area contributed by atoms with Crippen molar-refractivity contribution in [3.05, 3.63) is 22.8 Å². The van der Waals surface area contributed by atoms with Crippen LogP contribution < -0.4 is 10.6 Å². The molecule has 0 unspecified atom stereocenters. The van der Waals surface area contributed by atoms with Gasteiger partial charge in [-0.15, -0.1) is 0 Å². The Morgan fingerprint density at radius 1 is 1.38 bits per heavy atom. The van der Waals surface area contributed by atoms with Gasteiger partial charge in [-0.3, -0.25) is 4.79 Å². The Balaban J connectivity index is 1.65. The van der Waals surface area contributed by atoms with E-state index >= 15 is 0 Å². The standard InChI is InChI=1S/C16H22ClN3O/c1-2-7-18-15-13(17)8-12(9-19-15)16(21)20-14(10-3-4-10)11-5-6-11/h8-11,14H,2-7H2,1H3,(H,18,19)(H,20,21). The van der Waals surface area contributed by atoms with E-state index in [-0.39, 0.29) is 5.91 Å². The lowest BCUT2D eigenvalue weighted by molar-refractivity contribution is 0.0926. The fourth-order valence-corrected chi connectivity index (χ4v) is 2.93. The highest BCUT2D eigenvalue weighted by molar-refractivity contribution is 6.33. The van der Waals surface area contributed by atoms with E-state index in [4.69, 9.17) is 11.6 Å². The Hall–Kier alpha value is -1.29. The lowest BCUT2D eigenvalue weighted by Gasteiger charge is -2.17. The number of pyridine rings is 1. The smallest absolute Gasteiger partial charge is 0.253 e. The van der Waals surface area contributed by atoms with E-state index in [1.807, 2.05) is 0 Å². The fourth-order valence-electron chi connectivity index (χ4n) is 2.70. The first-order valence-corrected chi connectivity index (χ1v) is 8.27. The summed E-state index contributed by atoms with van der Waals surface area (Å²) in [4.78, 5) is 16.6. The molecule has 21 heavy (non-hydrogen) atoms. The number of nitrogens with one attached hydrogen (secondary N) is 2. The molecule has 2 fully saturated rings. The molecule has 1 heterocycles. The summed E-state index contributed by atoms with van der Waals surface area (Å²) in [5.41, 5.74) is 0.549. The maximum Gasteiger partial charge on any atom is 0.253 e. The molecule has 1 amide bonds. The van der Waals surface area contributed by atoms with Crippen molar-refractivity contribution in [3.8, 4) is 0 Å². The molecule has 2 saturated carbocycles. The minimum Gasteiger partial charge on any atom is -0.369 e. The van der Waals surface area contributed by atoms with Gasteiger partial charge in [-0.25, -0.2) is 4.98 Å². The molecule has 0 aliphatic heterocycles. The number of carbonyl (C=O) groups is 1. The average molecular weight is 308 g/mol. The number of amides is 1. The average Bonchev–Trinajstić information content (AvgIpc) is 3.36. The van der Waals surface area contributed by atoms with Gasteiger partial charge in [-0.1, -0.05) is 18.5 Å². The predicted molar refractivity (Wildman–Crippen MR) is 84.7 cm³/mol. The van der Waals surface area contributed by atoms with Crippen molar-refractivity contribution in [1.29, 1.82) is 0 Å². The van der Waals surface area contributed by atoms with Crippen molar-refractivity contribution in [2.24, 2.45) is 11.8 Å². The van der Waals surface area contributed by atoms with Crippen molar-refractivity contribution in [3.63, 3.8) is 0 Å². The molecule has 5 heteroatoms. The zero-order chi connectivity index (χ0) is 14.8. The lowest BCUT2D eigenvalue weighted by atomic mass is 10.1. The monoisotopic (exact) mass is 307 g/mol. The van der Waals surface area contributed by atoms with E-state index in [1.165, 1.54) is 25.7 Å². The number of carbonyl (C=O) groups excluding carboxylic acids is 1. The van der Waals surface area contributed by atoms with Gasteiger partial charge in [0.25, 0.3) is 5.91 Å². The normalized spacial score (nSPS) is 17.9. The van der Waals surface area contributed by atoms with Crippen molar-refractivity contribution < 1.29 is 4.79 Å². The van der Waals surface area contributed by atoms with Crippen LogP contribution in [0.2, 0.25) is 5.02 Å². The van der Waals surface area contributed by atoms with Crippen molar-refractivity contribution in [1.82, 2.24) is 10.3 Å². The second-order valence-electron chi connectivity index (χ2n) is 6.16. The number of aromatic nitrogens is 1. The molecule has 1 aromatic rings. The zero-order valence-corrected chi connectivity index (χ0v) is 13.1. The van der Waals surface area contributed by atoms with Gasteiger partial charge < -0.3 is 10.6 Å². The maximum atomic E-state index is 12.4. The highest BCUT2D eigenvalue weighted by Crippen LogP contribution is 2.44. The first kappa shape index (κ1) is 14.6. The summed E-state index contributed by atoms with van der Waals surface area (Å²) in [7, 11) is 0. The Kier molecular flexibility index (Phi) is 4.34. The van der Waals surface area contributed by atoms with E-state index < -0.39 is 0 Å². The molecule has 114 valence electrons. The van der Waals surface area contributed by atoms with Gasteiger partial charge in [-0.2, -0.15) is 0 Å². The van der Waals surface area contributed by atoms with Crippen LogP contribution in [-0.4, -0.2) is 23.5 Å². The second-order valence-corrected chi connectivity index (χ2v) is 6.56. The Labute approximate surface area is 130 Å². The van der Waals surface area contributed by atoms with Crippen molar-refractivity contribution in [2.75, 3.05) is 11.9 Å². The van der Waals surface area contributed by atoms with Crippen LogP contribution in [0.4, 0.5) is 5.82 Å². The highest BCUT2D eigenvalue weighted by Gasteiger charge is 2.42. The largest absolute Gasteiger partial charge is 0.369 e. The molecular weight excluding hydrogens is 286 g/mol. The topological polar surface area (TPSA) is 54.0 Å². The second kappa shape index (κ2) is 6.22. The SMILES string of the molecule is CCCNc1ncc(C(=O)NC(C2CC2)C2CC2)cc1Cl. The van der Waals surface area contributed by atoms with E-state index in [2.05, 4.69) is 22.5 Å². The van der Waals surface area contributed by atoms with Crippen LogP contribution >= 0.6 is 11.6 Å². The molecule has 0 aromatic carbocycles. The number of hydrogen-bond acceptors (Lipinski definition) is 3. The van der Waals surface area contributed by atoms with Gasteiger partial charge >= 0.3 is 0 Å². The molecule has 0 radical (unpaired) electrons. The molecule has 3 rings (SSSR count). The summed E-state index contributed by atoms with van der Waals surface area (Å²) >= 11 is 6.19. The third kappa shape index (κ3) is 3.67. The summed E-state index contributed by atoms with van der Waals surface area (Å²) in [6, 6.07) is 2.06. The molecule has 1 aromatic heterocycles. The Bertz CT molecular complexity index is 514. The number of anilines is 1. The number of nitrogens with zero attached hydrogens (tertiary/aromatic N) is 1. The van der Waals surface area contributed by atoms with Gasteiger partial charge in [0.2, 0.25) is 0 Å². The van der Waals surface area contributed by atoms with Gasteiger partial charge in [-0.05, 0) is 50.0 Å². The Morgan fingerprint density at radius 2 is 2.05 bits per heavy atom. The Morgan fingerprint density at radius 3 is 2.57 bits per heavy atom. The number of halogens is 1. The number of hydrogen-bond donors (Lipinski definition) is 2. The van der Waals surface area contributed by atoms with Crippen LogP contribution in [0.3, 0.4) is 0 Å². The molecule has 2 aliphatic rings. The molecule has 4 nitrogen and oxygen atoms in total. The van der Waals surface area contributed by atoms with Crippen LogP contribution in [0.1, 0.15) is 49.4 Å². The van der Waals surface area contributed by atoms with Gasteiger partial charge in [0, 0.05) is 18.8 Å². The van der Waals surface area contributed by atoms with Gasteiger partial charge in [0.05, 0.1) is 10.6 Å². The van der Waals surface area contributed by atoms with Crippen LogP contribution in [0, 0.1) is 11.8 Å². The van der Waals surface area contributed by atoms with E-state index in [0.717, 1.165) is 13.0 Å². The van der Waals surface area contributed by atoms with Crippen LogP contribution in [0.15, 0.2) is 12.3 Å². The minimum atomic E-state index is -0.0461. The first-order valence-electron chi connectivity index (χ1n) is 7.89. The zero-order valence-electron chi connectivity index (χ0n) is 12.4. The quantitative estimate of drug-likeness (QED) is 0.811. The molecule has 0 atom stereocenters. The van der Waals surface area contributed by atoms with Gasteiger partial charge in [0.1, 0.15) is 5.82 Å². The molecule has 2 N–H and O–H groups in total. The summed E-state index contributed by atoms with van der Waals surface area (Å²) in [5.74, 6) is 1.98.